The van der Waals surface area contributed by atoms with Gasteiger partial charge in [0.2, 0.25) is 0 Å². The maximum absolute atomic E-state index is 13.3. The third-order valence-corrected chi connectivity index (χ3v) is 6.42. The minimum absolute atomic E-state index is 0.00453. The molecule has 1 amide bonds. The molecule has 4 rings (SSSR count). The zero-order chi connectivity index (χ0) is 25.8. The number of anilines is 1. The SMILES string of the molecule is CCOc1ccc(C2/C(=C(/O)c3ccc(OC)c(Br)c3)C(=O)C(=O)N2c2ccc(OCC)cc2)cc1. The number of aliphatic hydroxyl groups is 1. The van der Waals surface area contributed by atoms with E-state index < -0.39 is 17.7 Å². The standard InChI is InChI=1S/C28H26BrNO6/c1-4-35-20-11-6-17(7-12-20)25-24(26(31)18-8-15-23(34-3)22(29)16-18)27(32)28(33)30(25)19-9-13-21(14-10-19)36-5-2/h6-16,25,31H,4-5H2,1-3H3/b26-24-. The van der Waals surface area contributed by atoms with Crippen molar-refractivity contribution in [2.45, 2.75) is 19.9 Å². The third kappa shape index (κ3) is 4.81. The number of ether oxygens (including phenoxy) is 3. The van der Waals surface area contributed by atoms with Gasteiger partial charge in [0.05, 0.1) is 36.4 Å². The van der Waals surface area contributed by atoms with Crippen molar-refractivity contribution in [1.82, 2.24) is 0 Å². The lowest BCUT2D eigenvalue weighted by atomic mass is 9.95. The van der Waals surface area contributed by atoms with E-state index >= 15 is 0 Å². The largest absolute Gasteiger partial charge is 0.507 e. The summed E-state index contributed by atoms with van der Waals surface area (Å²) in [4.78, 5) is 28.1. The molecule has 0 aliphatic carbocycles. The molecule has 1 atom stereocenters. The molecule has 1 aliphatic rings. The van der Waals surface area contributed by atoms with Gasteiger partial charge in [-0.1, -0.05) is 12.1 Å². The number of nitrogens with zero attached hydrogens (tertiary/aromatic N) is 1. The van der Waals surface area contributed by atoms with E-state index in [-0.39, 0.29) is 11.3 Å². The molecular weight excluding hydrogens is 526 g/mol. The van der Waals surface area contributed by atoms with Gasteiger partial charge in [0, 0.05) is 11.3 Å². The molecular formula is C28H26BrNO6. The Balaban J connectivity index is 1.87. The van der Waals surface area contributed by atoms with Crippen LogP contribution in [0.4, 0.5) is 5.69 Å². The van der Waals surface area contributed by atoms with E-state index in [1.807, 2.05) is 13.8 Å². The number of ketones is 1. The van der Waals surface area contributed by atoms with Crippen LogP contribution in [0.2, 0.25) is 0 Å². The number of aliphatic hydroxyl groups excluding tert-OH is 1. The minimum Gasteiger partial charge on any atom is -0.507 e. The number of amides is 1. The van der Waals surface area contributed by atoms with Crippen molar-refractivity contribution < 1.29 is 28.9 Å². The van der Waals surface area contributed by atoms with Crippen LogP contribution in [-0.2, 0) is 9.59 Å². The van der Waals surface area contributed by atoms with Crippen LogP contribution in [0.3, 0.4) is 0 Å². The Bertz CT molecular complexity index is 1300. The number of carbonyl (C=O) groups excluding carboxylic acids is 2. The average molecular weight is 552 g/mol. The van der Waals surface area contributed by atoms with Crippen molar-refractivity contribution >= 4 is 39.1 Å². The quantitative estimate of drug-likeness (QED) is 0.214. The number of hydrogen-bond donors (Lipinski definition) is 1. The van der Waals surface area contributed by atoms with Gasteiger partial charge in [-0.05, 0) is 89.9 Å². The topological polar surface area (TPSA) is 85.3 Å². The Labute approximate surface area is 218 Å². The van der Waals surface area contributed by atoms with Crippen molar-refractivity contribution in [3.05, 3.63) is 87.9 Å². The number of carbonyl (C=O) groups is 2. The Morgan fingerprint density at radius 1 is 0.917 bits per heavy atom. The highest BCUT2D eigenvalue weighted by Gasteiger charge is 2.47. The summed E-state index contributed by atoms with van der Waals surface area (Å²) in [6.45, 7) is 4.79. The summed E-state index contributed by atoms with van der Waals surface area (Å²) in [5.74, 6) is 0.116. The van der Waals surface area contributed by atoms with E-state index in [9.17, 15) is 14.7 Å². The van der Waals surface area contributed by atoms with Crippen molar-refractivity contribution in [3.63, 3.8) is 0 Å². The first-order valence-electron chi connectivity index (χ1n) is 11.5. The van der Waals surface area contributed by atoms with Crippen LogP contribution >= 0.6 is 15.9 Å². The Morgan fingerprint density at radius 2 is 1.50 bits per heavy atom. The second-order valence-corrected chi connectivity index (χ2v) is 8.80. The van der Waals surface area contributed by atoms with E-state index in [0.29, 0.717) is 51.7 Å². The summed E-state index contributed by atoms with van der Waals surface area (Å²) >= 11 is 3.42. The molecule has 0 saturated carbocycles. The van der Waals surface area contributed by atoms with Crippen LogP contribution in [0.5, 0.6) is 17.2 Å². The van der Waals surface area contributed by atoms with Gasteiger partial charge in [-0.25, -0.2) is 0 Å². The van der Waals surface area contributed by atoms with E-state index in [1.54, 1.807) is 66.7 Å². The second-order valence-electron chi connectivity index (χ2n) is 7.95. The van der Waals surface area contributed by atoms with E-state index in [0.717, 1.165) is 0 Å². The summed E-state index contributed by atoms with van der Waals surface area (Å²) in [6.07, 6.45) is 0. The number of rotatable bonds is 8. The van der Waals surface area contributed by atoms with Gasteiger partial charge < -0.3 is 19.3 Å². The fourth-order valence-electron chi connectivity index (χ4n) is 4.17. The van der Waals surface area contributed by atoms with E-state index in [1.165, 1.54) is 12.0 Å². The molecule has 0 bridgehead atoms. The molecule has 1 unspecified atom stereocenters. The van der Waals surface area contributed by atoms with Crippen LogP contribution in [0.1, 0.15) is 31.0 Å². The van der Waals surface area contributed by atoms with Crippen LogP contribution in [-0.4, -0.2) is 37.1 Å². The summed E-state index contributed by atoms with van der Waals surface area (Å²) in [7, 11) is 1.54. The monoisotopic (exact) mass is 551 g/mol. The molecule has 36 heavy (non-hydrogen) atoms. The van der Waals surface area contributed by atoms with Crippen LogP contribution in [0, 0.1) is 0 Å². The van der Waals surface area contributed by atoms with Gasteiger partial charge in [0.1, 0.15) is 23.0 Å². The molecule has 186 valence electrons. The lowest BCUT2D eigenvalue weighted by Gasteiger charge is -2.26. The second kappa shape index (κ2) is 10.9. The highest BCUT2D eigenvalue weighted by atomic mass is 79.9. The molecule has 3 aromatic rings. The summed E-state index contributed by atoms with van der Waals surface area (Å²) in [5, 5.41) is 11.3. The highest BCUT2D eigenvalue weighted by Crippen LogP contribution is 2.43. The molecule has 1 heterocycles. The van der Waals surface area contributed by atoms with Gasteiger partial charge in [-0.3, -0.25) is 14.5 Å². The van der Waals surface area contributed by atoms with Crippen molar-refractivity contribution in [3.8, 4) is 17.2 Å². The lowest BCUT2D eigenvalue weighted by molar-refractivity contribution is -0.132. The maximum Gasteiger partial charge on any atom is 0.300 e. The summed E-state index contributed by atoms with van der Waals surface area (Å²) < 4.78 is 16.9. The Kier molecular flexibility index (Phi) is 7.64. The summed E-state index contributed by atoms with van der Waals surface area (Å²) in [6, 6.07) is 18.2. The molecule has 0 spiro atoms. The zero-order valence-corrected chi connectivity index (χ0v) is 21.7. The smallest absolute Gasteiger partial charge is 0.300 e. The zero-order valence-electron chi connectivity index (χ0n) is 20.2. The van der Waals surface area contributed by atoms with Crippen LogP contribution in [0.15, 0.2) is 76.8 Å². The fourth-order valence-corrected chi connectivity index (χ4v) is 4.71. The van der Waals surface area contributed by atoms with Crippen molar-refractivity contribution in [2.75, 3.05) is 25.2 Å². The van der Waals surface area contributed by atoms with Gasteiger partial charge in [0.15, 0.2) is 0 Å². The molecule has 0 aromatic heterocycles. The van der Waals surface area contributed by atoms with Crippen LogP contribution in [0.25, 0.3) is 5.76 Å². The fraction of sp³-hybridized carbons (Fsp3) is 0.214. The van der Waals surface area contributed by atoms with Gasteiger partial charge in [-0.15, -0.1) is 0 Å². The number of hydrogen-bond acceptors (Lipinski definition) is 6. The molecule has 1 saturated heterocycles. The predicted molar refractivity (Wildman–Crippen MR) is 141 cm³/mol. The highest BCUT2D eigenvalue weighted by molar-refractivity contribution is 9.10. The lowest BCUT2D eigenvalue weighted by Crippen LogP contribution is -2.29. The molecule has 1 aliphatic heterocycles. The van der Waals surface area contributed by atoms with Crippen LogP contribution < -0.4 is 19.1 Å². The van der Waals surface area contributed by atoms with E-state index in [2.05, 4.69) is 15.9 Å². The first-order chi connectivity index (χ1) is 17.4. The summed E-state index contributed by atoms with van der Waals surface area (Å²) in [5.41, 5.74) is 1.54. The molecule has 7 nitrogen and oxygen atoms in total. The Hall–Kier alpha value is -3.78. The third-order valence-electron chi connectivity index (χ3n) is 5.80. The normalized spacial score (nSPS) is 16.8. The van der Waals surface area contributed by atoms with Gasteiger partial charge in [0.25, 0.3) is 11.7 Å². The average Bonchev–Trinajstić information content (AvgIpc) is 3.15. The van der Waals surface area contributed by atoms with Gasteiger partial charge >= 0.3 is 0 Å². The number of Topliss-reactive ketones (excluding diaryl/α,β-unsaturated/α-hetero) is 1. The maximum atomic E-state index is 13.3. The number of halogens is 1. The minimum atomic E-state index is -0.848. The van der Waals surface area contributed by atoms with E-state index in [4.69, 9.17) is 14.2 Å². The van der Waals surface area contributed by atoms with Gasteiger partial charge in [-0.2, -0.15) is 0 Å². The number of benzene rings is 3. The van der Waals surface area contributed by atoms with Crippen molar-refractivity contribution in [2.24, 2.45) is 0 Å². The molecule has 1 N–H and O–H groups in total. The molecule has 3 aromatic carbocycles. The van der Waals surface area contributed by atoms with Crippen molar-refractivity contribution in [1.29, 1.82) is 0 Å². The first kappa shape index (κ1) is 25.3. The number of methoxy groups -OCH3 is 1. The predicted octanol–water partition coefficient (Wildman–Crippen LogP) is 5.88. The first-order valence-corrected chi connectivity index (χ1v) is 12.3. The molecule has 8 heteroatoms. The molecule has 0 radical (unpaired) electrons. The Morgan fingerprint density at radius 3 is 2.03 bits per heavy atom. The molecule has 1 fully saturated rings.